The molecule has 162 valence electrons. The summed E-state index contributed by atoms with van der Waals surface area (Å²) >= 11 is 10.9. The molecule has 0 aliphatic heterocycles. The highest BCUT2D eigenvalue weighted by Crippen LogP contribution is 2.31. The van der Waals surface area contributed by atoms with Crippen molar-refractivity contribution in [2.24, 2.45) is 0 Å². The van der Waals surface area contributed by atoms with Gasteiger partial charge in [-0.2, -0.15) is 0 Å². The van der Waals surface area contributed by atoms with Crippen LogP contribution < -0.4 is 5.32 Å². The molecule has 10 heteroatoms. The Balaban J connectivity index is 1.68. The van der Waals surface area contributed by atoms with Gasteiger partial charge < -0.3 is 10.4 Å². The SMILES string of the molecule is O=C(N[C@H](CF)[C@@H](O)c1ccc(-c2ccc(CS(=O)(=O)C3CC3)nc2)cc1)C(Cl)Cl. The molecule has 1 amide bonds. The molecule has 0 bridgehead atoms. The number of nitrogens with one attached hydrogen (secondary N) is 1. The largest absolute Gasteiger partial charge is 0.386 e. The van der Waals surface area contributed by atoms with Crippen molar-refractivity contribution in [3.8, 4) is 11.1 Å². The molecular formula is C20H21Cl2FN2O4S. The van der Waals surface area contributed by atoms with Crippen LogP contribution in [0.15, 0.2) is 42.6 Å². The van der Waals surface area contributed by atoms with Crippen LogP contribution in [0, 0.1) is 0 Å². The Morgan fingerprint density at radius 3 is 2.30 bits per heavy atom. The van der Waals surface area contributed by atoms with Gasteiger partial charge in [-0.1, -0.05) is 53.5 Å². The summed E-state index contributed by atoms with van der Waals surface area (Å²) in [4.78, 5) is 14.4. The second-order valence-electron chi connectivity index (χ2n) is 7.18. The van der Waals surface area contributed by atoms with Gasteiger partial charge in [0.2, 0.25) is 0 Å². The second-order valence-corrected chi connectivity index (χ2v) is 10.6. The Morgan fingerprint density at radius 1 is 1.17 bits per heavy atom. The van der Waals surface area contributed by atoms with Gasteiger partial charge in [0.05, 0.1) is 22.7 Å². The van der Waals surface area contributed by atoms with E-state index >= 15 is 0 Å². The lowest BCUT2D eigenvalue weighted by atomic mass is 9.99. The predicted octanol–water partition coefficient (Wildman–Crippen LogP) is 3.12. The number of alkyl halides is 3. The number of sulfone groups is 1. The summed E-state index contributed by atoms with van der Waals surface area (Å²) in [7, 11) is -3.13. The van der Waals surface area contributed by atoms with Crippen LogP contribution in [0.3, 0.4) is 0 Å². The summed E-state index contributed by atoms with van der Waals surface area (Å²) in [5.74, 6) is -0.850. The van der Waals surface area contributed by atoms with Gasteiger partial charge in [-0.15, -0.1) is 0 Å². The van der Waals surface area contributed by atoms with E-state index in [2.05, 4.69) is 10.3 Å². The maximum absolute atomic E-state index is 13.3. The Labute approximate surface area is 184 Å². The lowest BCUT2D eigenvalue weighted by Crippen LogP contribution is -2.43. The van der Waals surface area contributed by atoms with Crippen molar-refractivity contribution in [2.45, 2.75) is 40.8 Å². The van der Waals surface area contributed by atoms with Crippen molar-refractivity contribution < 1.29 is 22.7 Å². The molecule has 2 N–H and O–H groups in total. The van der Waals surface area contributed by atoms with E-state index < -0.39 is 39.4 Å². The quantitative estimate of drug-likeness (QED) is 0.544. The molecule has 1 heterocycles. The van der Waals surface area contributed by atoms with Gasteiger partial charge in [0.15, 0.2) is 14.7 Å². The molecule has 1 aliphatic carbocycles. The Kier molecular flexibility index (Phi) is 7.34. The first kappa shape index (κ1) is 22.9. The number of aliphatic hydroxyl groups is 1. The fraction of sp³-hybridized carbons (Fsp3) is 0.400. The van der Waals surface area contributed by atoms with E-state index in [1.54, 1.807) is 42.6 Å². The lowest BCUT2D eigenvalue weighted by molar-refractivity contribution is -0.121. The van der Waals surface area contributed by atoms with E-state index in [-0.39, 0.29) is 11.0 Å². The molecule has 0 spiro atoms. The van der Waals surface area contributed by atoms with E-state index in [1.165, 1.54) is 0 Å². The van der Waals surface area contributed by atoms with Gasteiger partial charge in [0, 0.05) is 11.8 Å². The first-order valence-electron chi connectivity index (χ1n) is 9.30. The molecule has 30 heavy (non-hydrogen) atoms. The van der Waals surface area contributed by atoms with E-state index in [9.17, 15) is 22.7 Å². The third kappa shape index (κ3) is 5.69. The molecule has 3 rings (SSSR count). The maximum Gasteiger partial charge on any atom is 0.253 e. The number of halogens is 3. The number of benzene rings is 1. The summed E-state index contributed by atoms with van der Waals surface area (Å²) in [6, 6.07) is 8.94. The highest BCUT2D eigenvalue weighted by atomic mass is 35.5. The number of amides is 1. The topological polar surface area (TPSA) is 96.4 Å². The molecule has 1 saturated carbocycles. The summed E-state index contributed by atoms with van der Waals surface area (Å²) in [5, 5.41) is 12.4. The van der Waals surface area contributed by atoms with Crippen molar-refractivity contribution in [1.82, 2.24) is 10.3 Å². The Morgan fingerprint density at radius 2 is 1.80 bits per heavy atom. The number of rotatable bonds is 9. The summed E-state index contributed by atoms with van der Waals surface area (Å²) in [5.41, 5.74) is 2.46. The number of nitrogens with zero attached hydrogens (tertiary/aromatic N) is 1. The summed E-state index contributed by atoms with van der Waals surface area (Å²) in [6.07, 6.45) is 1.76. The zero-order valence-corrected chi connectivity index (χ0v) is 18.2. The minimum Gasteiger partial charge on any atom is -0.386 e. The normalized spacial score (nSPS) is 16.3. The van der Waals surface area contributed by atoms with E-state index in [0.717, 1.165) is 24.0 Å². The third-order valence-corrected chi connectivity index (χ3v) is 7.45. The highest BCUT2D eigenvalue weighted by Gasteiger charge is 2.35. The first-order valence-corrected chi connectivity index (χ1v) is 11.9. The minimum absolute atomic E-state index is 0.0646. The highest BCUT2D eigenvalue weighted by molar-refractivity contribution is 7.91. The second kappa shape index (κ2) is 9.60. The minimum atomic E-state index is -3.13. The molecule has 0 radical (unpaired) electrons. The molecule has 6 nitrogen and oxygen atoms in total. The van der Waals surface area contributed by atoms with Gasteiger partial charge in [-0.3, -0.25) is 9.78 Å². The van der Waals surface area contributed by atoms with Crippen LogP contribution in [0.4, 0.5) is 4.39 Å². The fourth-order valence-electron chi connectivity index (χ4n) is 2.98. The van der Waals surface area contributed by atoms with Crippen molar-refractivity contribution in [2.75, 3.05) is 6.67 Å². The molecule has 1 fully saturated rings. The van der Waals surface area contributed by atoms with Gasteiger partial charge in [-0.25, -0.2) is 12.8 Å². The van der Waals surface area contributed by atoms with Crippen molar-refractivity contribution in [3.63, 3.8) is 0 Å². The van der Waals surface area contributed by atoms with Crippen molar-refractivity contribution in [1.29, 1.82) is 0 Å². The number of pyridine rings is 1. The molecular weight excluding hydrogens is 454 g/mol. The lowest BCUT2D eigenvalue weighted by Gasteiger charge is -2.22. The molecule has 1 aromatic heterocycles. The van der Waals surface area contributed by atoms with Crippen LogP contribution in [-0.4, -0.2) is 47.2 Å². The average molecular weight is 475 g/mol. The molecule has 2 aromatic rings. The first-order chi connectivity index (χ1) is 14.2. The number of aliphatic hydroxyl groups excluding tert-OH is 1. The molecule has 0 saturated heterocycles. The van der Waals surface area contributed by atoms with Gasteiger partial charge >= 0.3 is 0 Å². The monoisotopic (exact) mass is 474 g/mol. The molecule has 0 unspecified atom stereocenters. The fourth-order valence-corrected chi connectivity index (χ4v) is 4.78. The van der Waals surface area contributed by atoms with Crippen LogP contribution in [0.1, 0.15) is 30.2 Å². The zero-order chi connectivity index (χ0) is 21.9. The maximum atomic E-state index is 13.3. The number of carbonyl (C=O) groups is 1. The number of hydrogen-bond acceptors (Lipinski definition) is 5. The number of carbonyl (C=O) groups excluding carboxylic acids is 1. The van der Waals surface area contributed by atoms with Gasteiger partial charge in [-0.05, 0) is 30.0 Å². The van der Waals surface area contributed by atoms with Crippen LogP contribution in [-0.2, 0) is 20.4 Å². The molecule has 1 aromatic carbocycles. The average Bonchev–Trinajstić information content (AvgIpc) is 3.58. The van der Waals surface area contributed by atoms with Crippen molar-refractivity contribution >= 4 is 38.9 Å². The van der Waals surface area contributed by atoms with Crippen LogP contribution in [0.2, 0.25) is 0 Å². The summed E-state index contributed by atoms with van der Waals surface area (Å²) in [6.45, 7) is -0.996. The van der Waals surface area contributed by atoms with Crippen LogP contribution in [0.25, 0.3) is 11.1 Å². The standard InChI is InChI=1S/C20H21Cl2FN2O4S/c21-19(22)20(27)25-17(9-23)18(26)13-3-1-12(2-4-13)14-5-6-15(24-10-14)11-30(28,29)16-7-8-16/h1-6,10,16-19,26H,7-9,11H2,(H,25,27)/t17-,18+/m1/s1. The van der Waals surface area contributed by atoms with Crippen molar-refractivity contribution in [3.05, 3.63) is 53.9 Å². The number of hydrogen-bond donors (Lipinski definition) is 2. The van der Waals surface area contributed by atoms with Crippen LogP contribution >= 0.6 is 23.2 Å². The third-order valence-electron chi connectivity index (χ3n) is 4.86. The van der Waals surface area contributed by atoms with E-state index in [1.807, 2.05) is 0 Å². The zero-order valence-electron chi connectivity index (χ0n) is 15.8. The molecule has 2 atom stereocenters. The smallest absolute Gasteiger partial charge is 0.253 e. The Bertz CT molecular complexity index is 981. The summed E-state index contributed by atoms with van der Waals surface area (Å²) < 4.78 is 37.4. The predicted molar refractivity (Wildman–Crippen MR) is 114 cm³/mol. The van der Waals surface area contributed by atoms with Gasteiger partial charge in [0.25, 0.3) is 5.91 Å². The van der Waals surface area contributed by atoms with Crippen LogP contribution in [0.5, 0.6) is 0 Å². The van der Waals surface area contributed by atoms with Gasteiger partial charge in [0.1, 0.15) is 12.8 Å². The van der Waals surface area contributed by atoms with E-state index in [4.69, 9.17) is 23.2 Å². The van der Waals surface area contributed by atoms with E-state index in [0.29, 0.717) is 11.3 Å². The Hall–Kier alpha value is -1.74. The number of aromatic nitrogens is 1. The molecule has 1 aliphatic rings.